The minimum atomic E-state index is -4.41. The lowest BCUT2D eigenvalue weighted by molar-refractivity contribution is -0.137. The van der Waals surface area contributed by atoms with Crippen LogP contribution in [0.4, 0.5) is 13.2 Å². The highest BCUT2D eigenvalue weighted by Gasteiger charge is 2.30. The molecule has 0 aliphatic heterocycles. The lowest BCUT2D eigenvalue weighted by Crippen LogP contribution is -2.08. The van der Waals surface area contributed by atoms with Gasteiger partial charge in [-0.25, -0.2) is 0 Å². The Morgan fingerprint density at radius 1 is 1.43 bits per heavy atom. The monoisotopic (exact) mass is 267 g/mol. The van der Waals surface area contributed by atoms with E-state index >= 15 is 0 Å². The number of ketones is 1. The molecule has 1 rings (SSSR count). The van der Waals surface area contributed by atoms with Gasteiger partial charge in [-0.3, -0.25) is 9.78 Å². The zero-order valence-electron chi connectivity index (χ0n) is 6.81. The molecular weight excluding hydrogens is 263 g/mol. The summed E-state index contributed by atoms with van der Waals surface area (Å²) in [6.07, 6.45) is -3.77. The maximum atomic E-state index is 12.1. The van der Waals surface area contributed by atoms with Crippen molar-refractivity contribution in [2.45, 2.75) is 6.18 Å². The van der Waals surface area contributed by atoms with E-state index in [1.807, 2.05) is 0 Å². The molecule has 76 valence electrons. The normalized spacial score (nSPS) is 11.4. The summed E-state index contributed by atoms with van der Waals surface area (Å²) in [6, 6.07) is 1.90. The van der Waals surface area contributed by atoms with Crippen molar-refractivity contribution in [2.75, 3.05) is 5.33 Å². The smallest absolute Gasteiger partial charge is 0.291 e. The molecule has 0 saturated carbocycles. The molecule has 1 aromatic rings. The number of nitrogens with zero attached hydrogens (tertiary/aromatic N) is 1. The zero-order valence-corrected chi connectivity index (χ0v) is 8.39. The van der Waals surface area contributed by atoms with Crippen molar-refractivity contribution in [3.8, 4) is 0 Å². The molecule has 0 N–H and O–H groups in total. The fraction of sp³-hybridized carbons (Fsp3) is 0.250. The quantitative estimate of drug-likeness (QED) is 0.609. The van der Waals surface area contributed by atoms with Crippen LogP contribution in [0.5, 0.6) is 0 Å². The molecule has 0 aromatic carbocycles. The maximum Gasteiger partial charge on any atom is 0.417 e. The number of aromatic nitrogens is 1. The molecule has 1 aromatic heterocycles. The minimum absolute atomic E-state index is 0.0230. The number of carbonyl (C=O) groups excluding carboxylic acids is 1. The van der Waals surface area contributed by atoms with Gasteiger partial charge in [-0.15, -0.1) is 0 Å². The summed E-state index contributed by atoms with van der Waals surface area (Å²) in [5.41, 5.74) is -0.835. The summed E-state index contributed by atoms with van der Waals surface area (Å²) in [5.74, 6) is -0.348. The van der Waals surface area contributed by atoms with Gasteiger partial charge in [0.1, 0.15) is 5.69 Å². The second-order valence-electron chi connectivity index (χ2n) is 2.49. The van der Waals surface area contributed by atoms with Crippen LogP contribution >= 0.6 is 15.9 Å². The van der Waals surface area contributed by atoms with E-state index in [0.717, 1.165) is 12.1 Å². The average molecular weight is 268 g/mol. The molecule has 0 fully saturated rings. The van der Waals surface area contributed by atoms with Crippen molar-refractivity contribution in [1.82, 2.24) is 4.98 Å². The molecule has 0 atom stereocenters. The van der Waals surface area contributed by atoms with Crippen molar-refractivity contribution in [3.05, 3.63) is 29.6 Å². The number of carbonyl (C=O) groups is 1. The summed E-state index contributed by atoms with van der Waals surface area (Å²) < 4.78 is 36.2. The molecule has 14 heavy (non-hydrogen) atoms. The minimum Gasteiger partial charge on any atom is -0.291 e. The van der Waals surface area contributed by atoms with Crippen molar-refractivity contribution < 1.29 is 18.0 Å². The maximum absolute atomic E-state index is 12.1. The standard InChI is InChI=1S/C8H5BrF3NO/c9-3-7(14)6-2-1-5(4-13-6)8(10,11)12/h1-2,4H,3H2. The highest BCUT2D eigenvalue weighted by Crippen LogP contribution is 2.28. The summed E-state index contributed by atoms with van der Waals surface area (Å²) >= 11 is 2.90. The van der Waals surface area contributed by atoms with Gasteiger partial charge in [0, 0.05) is 6.20 Å². The van der Waals surface area contributed by atoms with Gasteiger partial charge in [0.15, 0.2) is 5.78 Å². The molecule has 0 radical (unpaired) electrons. The van der Waals surface area contributed by atoms with Gasteiger partial charge < -0.3 is 0 Å². The van der Waals surface area contributed by atoms with Gasteiger partial charge in [0.2, 0.25) is 0 Å². The second-order valence-corrected chi connectivity index (χ2v) is 3.05. The van der Waals surface area contributed by atoms with E-state index in [2.05, 4.69) is 20.9 Å². The van der Waals surface area contributed by atoms with Gasteiger partial charge >= 0.3 is 6.18 Å². The molecule has 6 heteroatoms. The van der Waals surface area contributed by atoms with E-state index in [0.29, 0.717) is 6.20 Å². The van der Waals surface area contributed by atoms with Crippen LogP contribution in [0.3, 0.4) is 0 Å². The number of Topliss-reactive ketones (excluding diaryl/α,β-unsaturated/α-hetero) is 1. The number of alkyl halides is 4. The summed E-state index contributed by atoms with van der Waals surface area (Å²) in [7, 11) is 0. The first-order valence-electron chi connectivity index (χ1n) is 3.57. The number of hydrogen-bond donors (Lipinski definition) is 0. The van der Waals surface area contributed by atoms with Crippen molar-refractivity contribution in [2.24, 2.45) is 0 Å². The molecule has 0 amide bonds. The van der Waals surface area contributed by atoms with E-state index in [9.17, 15) is 18.0 Å². The molecule has 0 aliphatic carbocycles. The predicted molar refractivity (Wildman–Crippen MR) is 47.4 cm³/mol. The Bertz CT molecular complexity index is 333. The van der Waals surface area contributed by atoms with E-state index in [1.54, 1.807) is 0 Å². The second kappa shape index (κ2) is 4.08. The summed E-state index contributed by atoms with van der Waals surface area (Å²) in [4.78, 5) is 14.4. The molecule has 0 saturated heterocycles. The van der Waals surface area contributed by atoms with Crippen molar-refractivity contribution >= 4 is 21.7 Å². The largest absolute Gasteiger partial charge is 0.417 e. The molecular formula is C8H5BrF3NO. The van der Waals surface area contributed by atoms with Gasteiger partial charge in [-0.2, -0.15) is 13.2 Å². The van der Waals surface area contributed by atoms with Gasteiger partial charge in [0.25, 0.3) is 0 Å². The van der Waals surface area contributed by atoms with Crippen LogP contribution in [0.2, 0.25) is 0 Å². The van der Waals surface area contributed by atoms with Gasteiger partial charge in [-0.05, 0) is 12.1 Å². The van der Waals surface area contributed by atoms with Crippen LogP contribution in [-0.4, -0.2) is 16.1 Å². The number of rotatable bonds is 2. The van der Waals surface area contributed by atoms with Crippen molar-refractivity contribution in [3.63, 3.8) is 0 Å². The van der Waals surface area contributed by atoms with Crippen LogP contribution in [0.15, 0.2) is 18.3 Å². The Kier molecular flexibility index (Phi) is 3.25. The molecule has 0 unspecified atom stereocenters. The fourth-order valence-electron chi connectivity index (χ4n) is 0.795. The highest BCUT2D eigenvalue weighted by atomic mass is 79.9. The third-order valence-electron chi connectivity index (χ3n) is 1.50. The average Bonchev–Trinajstić information content (AvgIpc) is 2.15. The van der Waals surface area contributed by atoms with Crippen LogP contribution in [0.25, 0.3) is 0 Å². The number of hydrogen-bond acceptors (Lipinski definition) is 2. The third-order valence-corrected chi connectivity index (χ3v) is 2.01. The zero-order chi connectivity index (χ0) is 10.8. The third kappa shape index (κ3) is 2.54. The number of halogens is 4. The Morgan fingerprint density at radius 2 is 2.07 bits per heavy atom. The first-order valence-corrected chi connectivity index (χ1v) is 4.69. The fourth-order valence-corrected chi connectivity index (χ4v) is 1.08. The lowest BCUT2D eigenvalue weighted by Gasteiger charge is -2.05. The highest BCUT2D eigenvalue weighted by molar-refractivity contribution is 9.09. The van der Waals surface area contributed by atoms with Crippen molar-refractivity contribution in [1.29, 1.82) is 0 Å². The van der Waals surface area contributed by atoms with Crippen LogP contribution < -0.4 is 0 Å². The molecule has 0 bridgehead atoms. The lowest BCUT2D eigenvalue weighted by atomic mass is 10.2. The SMILES string of the molecule is O=C(CBr)c1ccc(C(F)(F)F)cn1. The van der Waals surface area contributed by atoms with E-state index in [-0.39, 0.29) is 16.8 Å². The van der Waals surface area contributed by atoms with Gasteiger partial charge in [0.05, 0.1) is 10.9 Å². The first-order chi connectivity index (χ1) is 6.45. The van der Waals surface area contributed by atoms with Gasteiger partial charge in [-0.1, -0.05) is 15.9 Å². The topological polar surface area (TPSA) is 30.0 Å². The number of pyridine rings is 1. The molecule has 0 spiro atoms. The van der Waals surface area contributed by atoms with Crippen LogP contribution in [0, 0.1) is 0 Å². The van der Waals surface area contributed by atoms with E-state index in [4.69, 9.17) is 0 Å². The Hall–Kier alpha value is -0.910. The van der Waals surface area contributed by atoms with E-state index < -0.39 is 11.7 Å². The Morgan fingerprint density at radius 3 is 2.43 bits per heavy atom. The summed E-state index contributed by atoms with van der Waals surface area (Å²) in [5, 5.41) is 0.0470. The summed E-state index contributed by atoms with van der Waals surface area (Å²) in [6.45, 7) is 0. The Labute approximate surface area is 86.3 Å². The molecule has 1 heterocycles. The first kappa shape index (κ1) is 11.2. The predicted octanol–water partition coefficient (Wildman–Crippen LogP) is 2.68. The molecule has 0 aliphatic rings. The molecule has 2 nitrogen and oxygen atoms in total. The van der Waals surface area contributed by atoms with Crippen LogP contribution in [-0.2, 0) is 6.18 Å². The van der Waals surface area contributed by atoms with E-state index in [1.165, 1.54) is 0 Å². The van der Waals surface area contributed by atoms with Crippen LogP contribution in [0.1, 0.15) is 16.1 Å². The Balaban J connectivity index is 2.95.